The SMILES string of the molecule is C[C-](C)C.C[C-](C)C.[NH-]C1CCCCC1.[NH2-].[Pt+4]. The maximum Gasteiger partial charge on any atom is 4.00 e. The molecule has 1 saturated carbocycles. The van der Waals surface area contributed by atoms with Gasteiger partial charge in [-0.15, -0.1) is 6.04 Å². The summed E-state index contributed by atoms with van der Waals surface area (Å²) in [6, 6.07) is 0.286. The van der Waals surface area contributed by atoms with Crippen molar-refractivity contribution in [2.45, 2.75) is 79.7 Å². The van der Waals surface area contributed by atoms with E-state index in [2.05, 4.69) is 41.5 Å². The third-order valence-corrected chi connectivity index (χ3v) is 1.61. The topological polar surface area (TPSA) is 57.3 Å². The zero-order valence-corrected chi connectivity index (χ0v) is 14.8. The average Bonchev–Trinajstić information content (AvgIpc) is 2.03. The van der Waals surface area contributed by atoms with Crippen molar-refractivity contribution in [3.8, 4) is 0 Å². The van der Waals surface area contributed by atoms with Gasteiger partial charge < -0.3 is 23.7 Å². The molecule has 0 saturated heterocycles. The van der Waals surface area contributed by atoms with E-state index in [9.17, 15) is 0 Å². The van der Waals surface area contributed by atoms with Crippen LogP contribution in [0.15, 0.2) is 0 Å². The van der Waals surface area contributed by atoms with Gasteiger partial charge in [0.2, 0.25) is 0 Å². The number of nitrogens with two attached hydrogens (primary N) is 1. The Bertz CT molecular complexity index is 99.3. The number of nitrogens with one attached hydrogen (secondary N) is 1. The molecule has 0 radical (unpaired) electrons. The summed E-state index contributed by atoms with van der Waals surface area (Å²) in [6.45, 7) is 12.5. The Morgan fingerprint density at radius 2 is 1.00 bits per heavy atom. The van der Waals surface area contributed by atoms with E-state index >= 15 is 0 Å². The van der Waals surface area contributed by atoms with Crippen LogP contribution >= 0.6 is 0 Å². The molecule has 108 valence electrons. The smallest absolute Gasteiger partial charge is 0.693 e. The van der Waals surface area contributed by atoms with E-state index in [4.69, 9.17) is 5.73 Å². The van der Waals surface area contributed by atoms with Crippen molar-refractivity contribution in [2.24, 2.45) is 0 Å². The van der Waals surface area contributed by atoms with Crippen LogP contribution in [0.5, 0.6) is 0 Å². The van der Waals surface area contributed by atoms with Gasteiger partial charge in [0.25, 0.3) is 0 Å². The van der Waals surface area contributed by atoms with Crippen LogP contribution in [-0.2, 0) is 21.1 Å². The van der Waals surface area contributed by atoms with Crippen molar-refractivity contribution in [2.75, 3.05) is 0 Å². The molecule has 1 aliphatic carbocycles. The molecule has 2 nitrogen and oxygen atoms in total. The molecular formula is C14H32N2Pt. The molecule has 1 aliphatic rings. The van der Waals surface area contributed by atoms with Crippen molar-refractivity contribution in [3.63, 3.8) is 0 Å². The normalized spacial score (nSPS) is 14.6. The molecule has 0 amide bonds. The number of rotatable bonds is 0. The molecule has 0 heterocycles. The van der Waals surface area contributed by atoms with Crippen LogP contribution in [0.25, 0.3) is 11.9 Å². The van der Waals surface area contributed by atoms with Gasteiger partial charge >= 0.3 is 21.1 Å². The molecule has 0 aromatic rings. The third-order valence-electron chi connectivity index (χ3n) is 1.61. The van der Waals surface area contributed by atoms with Gasteiger partial charge in [0.05, 0.1) is 0 Å². The Hall–Kier alpha value is 0.608. The largest absolute Gasteiger partial charge is 4.00 e. The fraction of sp³-hybridized carbons (Fsp3) is 0.857. The van der Waals surface area contributed by atoms with Gasteiger partial charge in [-0.05, 0) is 0 Å². The fourth-order valence-electron chi connectivity index (χ4n) is 1.10. The standard InChI is InChI=1S/C6H12N.2C4H9.H2N.Pt/c7-6-4-2-1-3-5-6;2*1-4(2)3;;/h6-7H,1-5H2;2*1-3H3;1H2;/q4*-1;+4. The summed E-state index contributed by atoms with van der Waals surface area (Å²) in [6.07, 6.45) is 6.28. The molecule has 0 spiro atoms. The van der Waals surface area contributed by atoms with Crippen molar-refractivity contribution in [1.82, 2.24) is 0 Å². The first-order valence-corrected chi connectivity index (χ1v) is 6.11. The van der Waals surface area contributed by atoms with Crippen LogP contribution in [0.2, 0.25) is 0 Å². The van der Waals surface area contributed by atoms with Crippen molar-refractivity contribution < 1.29 is 21.1 Å². The summed E-state index contributed by atoms with van der Waals surface area (Å²) in [7, 11) is 0. The van der Waals surface area contributed by atoms with Gasteiger partial charge in [-0.1, -0.05) is 32.1 Å². The Kier molecular flexibility index (Phi) is 29.3. The molecule has 0 bridgehead atoms. The van der Waals surface area contributed by atoms with Crippen LogP contribution in [0.1, 0.15) is 73.6 Å². The minimum atomic E-state index is 0. The van der Waals surface area contributed by atoms with Gasteiger partial charge in [0.15, 0.2) is 0 Å². The molecule has 1 rings (SSSR count). The average molecular weight is 424 g/mol. The second-order valence-corrected chi connectivity index (χ2v) is 5.33. The molecule has 17 heavy (non-hydrogen) atoms. The van der Waals surface area contributed by atoms with Gasteiger partial charge in [0, 0.05) is 0 Å². The second-order valence-electron chi connectivity index (χ2n) is 5.33. The summed E-state index contributed by atoms with van der Waals surface area (Å²) in [5.74, 6) is 2.83. The maximum atomic E-state index is 7.27. The first kappa shape index (κ1) is 26.2. The summed E-state index contributed by atoms with van der Waals surface area (Å²) in [4.78, 5) is 0. The number of hydrogen-bond acceptors (Lipinski definition) is 0. The molecule has 0 atom stereocenters. The Labute approximate surface area is 124 Å². The predicted octanol–water partition coefficient (Wildman–Crippen LogP) is 6.33. The van der Waals surface area contributed by atoms with Gasteiger partial charge in [-0.25, -0.2) is 0 Å². The van der Waals surface area contributed by atoms with Crippen LogP contribution in [0.3, 0.4) is 0 Å². The van der Waals surface area contributed by atoms with Gasteiger partial charge in [0.1, 0.15) is 0 Å². The summed E-state index contributed by atoms with van der Waals surface area (Å²) < 4.78 is 0. The molecule has 3 N–H and O–H groups in total. The Morgan fingerprint density at radius 1 is 0.765 bits per heavy atom. The molecule has 1 fully saturated rings. The quantitative estimate of drug-likeness (QED) is 0.409. The van der Waals surface area contributed by atoms with E-state index in [0.29, 0.717) is 0 Å². The summed E-state index contributed by atoms with van der Waals surface area (Å²) >= 11 is 0. The monoisotopic (exact) mass is 423 g/mol. The summed E-state index contributed by atoms with van der Waals surface area (Å²) in [5.41, 5.74) is 7.27. The van der Waals surface area contributed by atoms with E-state index in [-0.39, 0.29) is 33.3 Å². The van der Waals surface area contributed by atoms with Crippen molar-refractivity contribution in [1.29, 1.82) is 0 Å². The fourth-order valence-corrected chi connectivity index (χ4v) is 1.10. The maximum absolute atomic E-state index is 7.27. The van der Waals surface area contributed by atoms with Crippen LogP contribution in [0.4, 0.5) is 0 Å². The van der Waals surface area contributed by atoms with Gasteiger partial charge in [-0.3, -0.25) is 0 Å². The minimum absolute atomic E-state index is 0. The number of hydrogen-bond donors (Lipinski definition) is 0. The van der Waals surface area contributed by atoms with E-state index in [0.717, 1.165) is 12.8 Å². The van der Waals surface area contributed by atoms with E-state index in [1.54, 1.807) is 0 Å². The Balaban J connectivity index is -0.0000000755. The minimum Gasteiger partial charge on any atom is -0.693 e. The van der Waals surface area contributed by atoms with Crippen LogP contribution in [0, 0.1) is 11.8 Å². The first-order valence-electron chi connectivity index (χ1n) is 6.11. The zero-order chi connectivity index (χ0) is 12.3. The van der Waals surface area contributed by atoms with Crippen molar-refractivity contribution >= 4 is 0 Å². The van der Waals surface area contributed by atoms with Crippen molar-refractivity contribution in [3.05, 3.63) is 23.7 Å². The second kappa shape index (κ2) is 19.0. The zero-order valence-electron chi connectivity index (χ0n) is 12.5. The van der Waals surface area contributed by atoms with Gasteiger partial charge in [-0.2, -0.15) is 41.5 Å². The van der Waals surface area contributed by atoms with Crippen LogP contribution in [-0.4, -0.2) is 6.04 Å². The third kappa shape index (κ3) is 47.8. The first-order chi connectivity index (χ1) is 6.86. The molecular weight excluding hydrogens is 391 g/mol. The molecule has 0 aromatic heterocycles. The van der Waals surface area contributed by atoms with E-state index in [1.807, 2.05) is 0 Å². The molecule has 3 heteroatoms. The Morgan fingerprint density at radius 3 is 1.12 bits per heavy atom. The predicted molar refractivity (Wildman–Crippen MR) is 77.0 cm³/mol. The summed E-state index contributed by atoms with van der Waals surface area (Å²) in [5, 5.41) is 0. The van der Waals surface area contributed by atoms with Crippen LogP contribution < -0.4 is 0 Å². The molecule has 0 aliphatic heterocycles. The molecule has 0 unspecified atom stereocenters. The van der Waals surface area contributed by atoms with E-state index < -0.39 is 0 Å². The molecule has 0 aromatic carbocycles. The van der Waals surface area contributed by atoms with E-state index in [1.165, 1.54) is 31.1 Å².